The van der Waals surface area contributed by atoms with Crippen LogP contribution in [0.2, 0.25) is 0 Å². The summed E-state index contributed by atoms with van der Waals surface area (Å²) < 4.78 is 17.2. The summed E-state index contributed by atoms with van der Waals surface area (Å²) in [4.78, 5) is 23.3. The predicted molar refractivity (Wildman–Crippen MR) is 144 cm³/mol. The molecule has 0 aliphatic carbocycles. The van der Waals surface area contributed by atoms with E-state index in [2.05, 4.69) is 18.3 Å². The lowest BCUT2D eigenvalue weighted by Crippen LogP contribution is -2.57. The zero-order valence-electron chi connectivity index (χ0n) is 23.8. The number of carbonyl (C=O) groups is 2. The quantitative estimate of drug-likeness (QED) is 0.190. The molecule has 38 heavy (non-hydrogen) atoms. The predicted octanol–water partition coefficient (Wildman–Crippen LogP) is 2.58. The summed E-state index contributed by atoms with van der Waals surface area (Å²) >= 11 is 0. The molecule has 0 spiro atoms. The van der Waals surface area contributed by atoms with E-state index in [1.165, 1.54) is 13.0 Å². The molecule has 2 rings (SSSR count). The third-order valence-corrected chi connectivity index (χ3v) is 7.55. The summed E-state index contributed by atoms with van der Waals surface area (Å²) in [6.07, 6.45) is 8.30. The van der Waals surface area contributed by atoms with Gasteiger partial charge in [0.05, 0.1) is 43.2 Å². The summed E-state index contributed by atoms with van der Waals surface area (Å²) in [6.45, 7) is 12.2. The van der Waals surface area contributed by atoms with Crippen LogP contribution in [-0.4, -0.2) is 82.6 Å². The Morgan fingerprint density at radius 2 is 1.84 bits per heavy atom. The first kappa shape index (κ1) is 32.2. The number of hydrogen-bond donors (Lipinski definition) is 4. The summed E-state index contributed by atoms with van der Waals surface area (Å²) in [5, 5.41) is 33.5. The van der Waals surface area contributed by atoms with Gasteiger partial charge in [-0.2, -0.15) is 0 Å². The van der Waals surface area contributed by atoms with Crippen molar-refractivity contribution >= 4 is 11.9 Å². The first-order valence-corrected chi connectivity index (χ1v) is 13.5. The molecule has 2 aliphatic rings. The second-order valence-electron chi connectivity index (χ2n) is 11.5. The van der Waals surface area contributed by atoms with Gasteiger partial charge in [0, 0.05) is 18.4 Å². The molecule has 2 aliphatic heterocycles. The zero-order valence-corrected chi connectivity index (χ0v) is 23.8. The van der Waals surface area contributed by atoms with E-state index in [9.17, 15) is 24.9 Å². The van der Waals surface area contributed by atoms with Gasteiger partial charge in [-0.05, 0) is 59.0 Å². The highest BCUT2D eigenvalue weighted by molar-refractivity contribution is 5.87. The Hall–Kier alpha value is -2.04. The fourth-order valence-electron chi connectivity index (χ4n) is 5.26. The van der Waals surface area contributed by atoms with Gasteiger partial charge in [-0.1, -0.05) is 37.6 Å². The normalized spacial score (nSPS) is 37.4. The number of esters is 1. The van der Waals surface area contributed by atoms with Crippen molar-refractivity contribution in [3.05, 3.63) is 36.0 Å². The lowest BCUT2D eigenvalue weighted by molar-refractivity contribution is -0.221. The number of aliphatic hydroxyl groups excluding tert-OH is 3. The molecular weight excluding hydrogens is 490 g/mol. The second-order valence-corrected chi connectivity index (χ2v) is 11.5. The molecular formula is C29H47NO8. The smallest absolute Gasteiger partial charge is 0.303 e. The number of nitrogens with one attached hydrogen (secondary N) is 1. The summed E-state index contributed by atoms with van der Waals surface area (Å²) in [5.41, 5.74) is -0.631. The van der Waals surface area contributed by atoms with Crippen LogP contribution < -0.4 is 5.32 Å². The van der Waals surface area contributed by atoms with Crippen molar-refractivity contribution in [3.8, 4) is 0 Å². The van der Waals surface area contributed by atoms with Crippen LogP contribution in [0.4, 0.5) is 0 Å². The molecule has 0 aromatic rings. The van der Waals surface area contributed by atoms with Gasteiger partial charge >= 0.3 is 5.97 Å². The molecule has 0 saturated carbocycles. The Bertz CT molecular complexity index is 901. The summed E-state index contributed by atoms with van der Waals surface area (Å²) in [6, 6.07) is -0.126. The Morgan fingerprint density at radius 3 is 2.45 bits per heavy atom. The first-order valence-electron chi connectivity index (χ1n) is 13.5. The van der Waals surface area contributed by atoms with Crippen LogP contribution in [0, 0.1) is 11.3 Å². The third kappa shape index (κ3) is 9.02. The van der Waals surface area contributed by atoms with Crippen molar-refractivity contribution in [2.24, 2.45) is 11.3 Å². The SMILES string of the molecule is CC(=O)OC(C)/C=C\C(=O)N[C@@H]1C[C@H](C)[C@H](C/C=C(C)/C=C/C2O[C@](C)(CO)CC(C)(CO)[C@@H]2O)O[C@@H]1C. The van der Waals surface area contributed by atoms with Crippen LogP contribution in [0.15, 0.2) is 36.0 Å². The van der Waals surface area contributed by atoms with Gasteiger partial charge in [-0.25, -0.2) is 0 Å². The van der Waals surface area contributed by atoms with E-state index in [1.54, 1.807) is 32.9 Å². The fraction of sp³-hybridized carbons (Fsp3) is 0.724. The molecule has 9 nitrogen and oxygen atoms in total. The Kier molecular flexibility index (Phi) is 11.7. The highest BCUT2D eigenvalue weighted by Crippen LogP contribution is 2.42. The zero-order chi connectivity index (χ0) is 28.7. The lowest BCUT2D eigenvalue weighted by atomic mass is 9.71. The molecule has 4 N–H and O–H groups in total. The van der Waals surface area contributed by atoms with Crippen LogP contribution in [0.5, 0.6) is 0 Å². The van der Waals surface area contributed by atoms with Crippen LogP contribution >= 0.6 is 0 Å². The van der Waals surface area contributed by atoms with E-state index in [0.29, 0.717) is 12.8 Å². The van der Waals surface area contributed by atoms with Crippen molar-refractivity contribution in [2.45, 2.75) is 110 Å². The molecule has 9 heteroatoms. The van der Waals surface area contributed by atoms with Crippen molar-refractivity contribution in [3.63, 3.8) is 0 Å². The summed E-state index contributed by atoms with van der Waals surface area (Å²) in [5.74, 6) is -0.434. The Balaban J connectivity index is 1.93. The van der Waals surface area contributed by atoms with Crippen LogP contribution in [-0.2, 0) is 23.8 Å². The van der Waals surface area contributed by atoms with Crippen molar-refractivity contribution < 1.29 is 39.1 Å². The van der Waals surface area contributed by atoms with E-state index in [-0.39, 0.29) is 43.3 Å². The number of ether oxygens (including phenoxy) is 3. The maximum atomic E-state index is 12.3. The minimum atomic E-state index is -0.898. The van der Waals surface area contributed by atoms with E-state index >= 15 is 0 Å². The van der Waals surface area contributed by atoms with Crippen molar-refractivity contribution in [1.82, 2.24) is 5.32 Å². The Labute approximate surface area is 226 Å². The second kappa shape index (κ2) is 13.8. The van der Waals surface area contributed by atoms with E-state index < -0.39 is 35.3 Å². The van der Waals surface area contributed by atoms with Crippen LogP contribution in [0.1, 0.15) is 67.7 Å². The topological polar surface area (TPSA) is 135 Å². The number of aliphatic hydroxyl groups is 3. The standard InChI is InChI=1S/C29H47NO8/c1-18(9-12-25-27(35)28(6,16-31)15-29(7,17-32)38-25)8-11-24-19(2)14-23(21(4)37-24)30-26(34)13-10-20(3)36-22(5)33/h8-10,12-13,19-21,23-25,27,31-32,35H,11,14-17H2,1-7H3,(H,30,34)/b12-9+,13-10-,18-8+/t19-,20?,21+,23+,24-,25?,27+,28?,29-/m0/s1. The minimum Gasteiger partial charge on any atom is -0.459 e. The molecule has 0 bridgehead atoms. The maximum Gasteiger partial charge on any atom is 0.303 e. The molecule has 0 aromatic heterocycles. The maximum absolute atomic E-state index is 12.3. The monoisotopic (exact) mass is 537 g/mol. The van der Waals surface area contributed by atoms with Crippen molar-refractivity contribution in [1.29, 1.82) is 0 Å². The van der Waals surface area contributed by atoms with Gasteiger partial charge in [0.15, 0.2) is 0 Å². The van der Waals surface area contributed by atoms with Gasteiger partial charge in [0.25, 0.3) is 0 Å². The highest BCUT2D eigenvalue weighted by Gasteiger charge is 2.49. The van der Waals surface area contributed by atoms with Crippen molar-refractivity contribution in [2.75, 3.05) is 13.2 Å². The molecule has 216 valence electrons. The van der Waals surface area contributed by atoms with Gasteiger partial charge < -0.3 is 34.8 Å². The van der Waals surface area contributed by atoms with E-state index in [4.69, 9.17) is 14.2 Å². The lowest BCUT2D eigenvalue weighted by Gasteiger charge is -2.49. The molecule has 2 saturated heterocycles. The van der Waals surface area contributed by atoms with Crippen LogP contribution in [0.3, 0.4) is 0 Å². The molecule has 1 amide bonds. The summed E-state index contributed by atoms with van der Waals surface area (Å²) in [7, 11) is 0. The number of hydrogen-bond acceptors (Lipinski definition) is 8. The molecule has 0 radical (unpaired) electrons. The molecule has 3 unspecified atom stereocenters. The fourth-order valence-corrected chi connectivity index (χ4v) is 5.26. The average Bonchev–Trinajstić information content (AvgIpc) is 2.85. The number of allylic oxidation sites excluding steroid dienone is 2. The van der Waals surface area contributed by atoms with Crippen LogP contribution in [0.25, 0.3) is 0 Å². The third-order valence-electron chi connectivity index (χ3n) is 7.55. The molecule has 2 fully saturated rings. The van der Waals surface area contributed by atoms with E-state index in [1.807, 2.05) is 19.9 Å². The largest absolute Gasteiger partial charge is 0.459 e. The Morgan fingerprint density at radius 1 is 1.16 bits per heavy atom. The van der Waals surface area contributed by atoms with Gasteiger partial charge in [0.2, 0.25) is 5.91 Å². The number of carbonyl (C=O) groups excluding carboxylic acids is 2. The highest BCUT2D eigenvalue weighted by atomic mass is 16.5. The molecule has 0 aromatic carbocycles. The van der Waals surface area contributed by atoms with Gasteiger partial charge in [0.1, 0.15) is 12.2 Å². The number of rotatable bonds is 10. The molecule has 9 atom stereocenters. The average molecular weight is 538 g/mol. The van der Waals surface area contributed by atoms with Gasteiger partial charge in [-0.15, -0.1) is 0 Å². The minimum absolute atomic E-state index is 0.00656. The number of amides is 1. The molecule has 2 heterocycles. The van der Waals surface area contributed by atoms with E-state index in [0.717, 1.165) is 12.0 Å². The van der Waals surface area contributed by atoms with Gasteiger partial charge in [-0.3, -0.25) is 9.59 Å². The first-order chi connectivity index (χ1) is 17.7.